The van der Waals surface area contributed by atoms with E-state index in [0.717, 1.165) is 12.1 Å². The Morgan fingerprint density at radius 2 is 1.38 bits per heavy atom. The van der Waals surface area contributed by atoms with Crippen LogP contribution in [-0.2, 0) is 21.4 Å². The van der Waals surface area contributed by atoms with Crippen molar-refractivity contribution in [3.05, 3.63) is 107 Å². The molecular weight excluding hydrogens is 500 g/mol. The van der Waals surface area contributed by atoms with Gasteiger partial charge in [0.05, 0.1) is 5.56 Å². The van der Waals surface area contributed by atoms with Crippen molar-refractivity contribution in [2.75, 3.05) is 0 Å². The summed E-state index contributed by atoms with van der Waals surface area (Å²) in [5.41, 5.74) is -0.737. The summed E-state index contributed by atoms with van der Waals surface area (Å²) < 4.78 is 59.9. The normalized spacial score (nSPS) is 18.5. The second-order valence-corrected chi connectivity index (χ2v) is 15.1. The van der Waals surface area contributed by atoms with E-state index in [1.807, 2.05) is 64.2 Å². The fourth-order valence-electron chi connectivity index (χ4n) is 3.48. The quantitative estimate of drug-likeness (QED) is 0.141. The molecule has 0 amide bonds. The Kier molecular flexibility index (Phi) is 7.00. The summed E-state index contributed by atoms with van der Waals surface area (Å²) in [4.78, 5) is 15.8. The van der Waals surface area contributed by atoms with Crippen molar-refractivity contribution in [2.45, 2.75) is 50.8 Å². The van der Waals surface area contributed by atoms with Gasteiger partial charge in [0.2, 0.25) is 8.32 Å². The Hall–Kier alpha value is -3.14. The van der Waals surface area contributed by atoms with Gasteiger partial charge in [0.1, 0.15) is 11.5 Å². The number of aliphatic imine (C=N–C) groups is 2. The van der Waals surface area contributed by atoms with Crippen LogP contribution in [-0.4, -0.2) is 19.9 Å². The molecule has 3 aromatic carbocycles. The molecule has 4 rings (SSSR count). The van der Waals surface area contributed by atoms with E-state index >= 15 is 0 Å². The third-order valence-electron chi connectivity index (χ3n) is 6.73. The molecule has 4 nitrogen and oxygen atoms in total. The standard InChI is InChI=1S/C28H28F4N2O2Si/c1-26(2,3)37(4,5)36-35-27(21-15-17-23(29)18-16-21)24(19-11-13-22(14-12-19)28(30,31)32)33-25(34-27)20-9-7-6-8-10-20/h6-18H,1-5H3/t27-/m1/s1. The fourth-order valence-corrected chi connectivity index (χ4v) is 4.05. The number of halogens is 4. The van der Waals surface area contributed by atoms with Crippen LogP contribution < -0.4 is 0 Å². The lowest BCUT2D eigenvalue weighted by atomic mass is 9.93. The van der Waals surface area contributed by atoms with E-state index in [1.165, 1.54) is 36.4 Å². The molecule has 1 aliphatic rings. The second kappa shape index (κ2) is 9.63. The van der Waals surface area contributed by atoms with Crippen LogP contribution in [0.4, 0.5) is 17.6 Å². The van der Waals surface area contributed by atoms with Crippen LogP contribution in [0.3, 0.4) is 0 Å². The van der Waals surface area contributed by atoms with Gasteiger partial charge in [-0.3, -0.25) is 4.58 Å². The molecule has 9 heteroatoms. The summed E-state index contributed by atoms with van der Waals surface area (Å²) in [6, 6.07) is 19.4. The molecule has 1 heterocycles. The van der Waals surface area contributed by atoms with E-state index in [1.54, 1.807) is 0 Å². The third kappa shape index (κ3) is 5.44. The predicted octanol–water partition coefficient (Wildman–Crippen LogP) is 7.90. The van der Waals surface area contributed by atoms with Crippen molar-refractivity contribution >= 4 is 19.9 Å². The first kappa shape index (κ1) is 26.9. The maximum atomic E-state index is 13.9. The Balaban J connectivity index is 1.91. The SMILES string of the molecule is CC(C)(C)[Si](C)(C)OO[C@@]1(c2ccc(F)cc2)N=C(c2ccccc2)N=C1c1ccc(C(F)(F)F)cc1. The molecule has 37 heavy (non-hydrogen) atoms. The number of hydrogen-bond acceptors (Lipinski definition) is 4. The van der Waals surface area contributed by atoms with Crippen LogP contribution in [0.25, 0.3) is 0 Å². The van der Waals surface area contributed by atoms with Crippen molar-refractivity contribution in [3.8, 4) is 0 Å². The Bertz CT molecular complexity index is 1310. The molecule has 0 unspecified atom stereocenters. The van der Waals surface area contributed by atoms with E-state index in [0.29, 0.717) is 22.5 Å². The minimum atomic E-state index is -4.49. The smallest absolute Gasteiger partial charge is 0.283 e. The fraction of sp³-hybridized carbons (Fsp3) is 0.286. The molecule has 0 saturated heterocycles. The Morgan fingerprint density at radius 1 is 0.784 bits per heavy atom. The molecule has 0 aliphatic carbocycles. The number of alkyl halides is 3. The average molecular weight is 529 g/mol. The summed E-state index contributed by atoms with van der Waals surface area (Å²) in [5.74, 6) is -0.138. The van der Waals surface area contributed by atoms with Gasteiger partial charge in [0, 0.05) is 16.7 Å². The van der Waals surface area contributed by atoms with Gasteiger partial charge in [0.15, 0.2) is 5.84 Å². The van der Waals surface area contributed by atoms with Crippen molar-refractivity contribution in [1.82, 2.24) is 0 Å². The average Bonchev–Trinajstić information content (AvgIpc) is 3.24. The molecule has 0 N–H and O–H groups in total. The maximum Gasteiger partial charge on any atom is 0.416 e. The number of nitrogens with zero attached hydrogens (tertiary/aromatic N) is 2. The van der Waals surface area contributed by atoms with Gasteiger partial charge in [-0.05, 0) is 42.4 Å². The molecule has 1 aliphatic heterocycles. The van der Waals surface area contributed by atoms with Crippen molar-refractivity contribution in [1.29, 1.82) is 0 Å². The van der Waals surface area contributed by atoms with Gasteiger partial charge in [-0.25, -0.2) is 19.3 Å². The van der Waals surface area contributed by atoms with E-state index in [9.17, 15) is 17.6 Å². The highest BCUT2D eigenvalue weighted by atomic mass is 28.4. The number of benzene rings is 3. The lowest BCUT2D eigenvalue weighted by Crippen LogP contribution is -2.45. The van der Waals surface area contributed by atoms with Crippen LogP contribution in [0.15, 0.2) is 88.8 Å². The second-order valence-electron chi connectivity index (χ2n) is 10.4. The molecule has 0 saturated carbocycles. The first-order chi connectivity index (χ1) is 17.2. The van der Waals surface area contributed by atoms with Crippen molar-refractivity contribution in [2.24, 2.45) is 9.98 Å². The summed E-state index contributed by atoms with van der Waals surface area (Å²) in [5, 5.41) is -0.215. The van der Waals surface area contributed by atoms with Gasteiger partial charge >= 0.3 is 6.18 Å². The molecule has 1 atom stereocenters. The summed E-state index contributed by atoms with van der Waals surface area (Å²) >= 11 is 0. The minimum Gasteiger partial charge on any atom is -0.283 e. The molecule has 0 radical (unpaired) electrons. The zero-order chi connectivity index (χ0) is 27.1. The molecule has 0 spiro atoms. The molecule has 194 valence electrons. The monoisotopic (exact) mass is 528 g/mol. The van der Waals surface area contributed by atoms with Crippen LogP contribution >= 0.6 is 0 Å². The van der Waals surface area contributed by atoms with Gasteiger partial charge in [-0.2, -0.15) is 13.2 Å². The number of rotatable bonds is 6. The highest BCUT2D eigenvalue weighted by Gasteiger charge is 2.49. The molecule has 0 aromatic heterocycles. The van der Waals surface area contributed by atoms with Gasteiger partial charge in [0.25, 0.3) is 5.72 Å². The predicted molar refractivity (Wildman–Crippen MR) is 138 cm³/mol. The highest BCUT2D eigenvalue weighted by Crippen LogP contribution is 2.43. The first-order valence-corrected chi connectivity index (χ1v) is 14.7. The topological polar surface area (TPSA) is 43.2 Å². The summed E-state index contributed by atoms with van der Waals surface area (Å²) in [7, 11) is -2.50. The minimum absolute atomic E-state index is 0.215. The number of amidine groups is 1. The lowest BCUT2D eigenvalue weighted by Gasteiger charge is -2.38. The Labute approximate surface area is 214 Å². The van der Waals surface area contributed by atoms with Gasteiger partial charge < -0.3 is 0 Å². The van der Waals surface area contributed by atoms with Crippen molar-refractivity contribution < 1.29 is 27.0 Å². The van der Waals surface area contributed by atoms with Crippen molar-refractivity contribution in [3.63, 3.8) is 0 Å². The lowest BCUT2D eigenvalue weighted by molar-refractivity contribution is -0.282. The zero-order valence-corrected chi connectivity index (χ0v) is 22.2. The van der Waals surface area contributed by atoms with Crippen LogP contribution in [0.1, 0.15) is 43.0 Å². The summed E-state index contributed by atoms with van der Waals surface area (Å²) in [6.07, 6.45) is -4.49. The summed E-state index contributed by atoms with van der Waals surface area (Å²) in [6.45, 7) is 10.1. The number of hydrogen-bond donors (Lipinski definition) is 0. The molecule has 3 aromatic rings. The molecular formula is C28H28F4N2O2Si. The molecule has 0 fully saturated rings. The highest BCUT2D eigenvalue weighted by molar-refractivity contribution is 6.73. The van der Waals surface area contributed by atoms with E-state index in [-0.39, 0.29) is 10.7 Å². The van der Waals surface area contributed by atoms with E-state index < -0.39 is 31.6 Å². The van der Waals surface area contributed by atoms with Gasteiger partial charge in [-0.1, -0.05) is 75.4 Å². The molecule has 0 bridgehead atoms. The van der Waals surface area contributed by atoms with Crippen LogP contribution in [0, 0.1) is 5.82 Å². The first-order valence-electron chi connectivity index (χ1n) is 11.8. The zero-order valence-electron chi connectivity index (χ0n) is 21.2. The van der Waals surface area contributed by atoms with Crippen LogP contribution in [0.5, 0.6) is 0 Å². The van der Waals surface area contributed by atoms with E-state index in [2.05, 4.69) is 0 Å². The third-order valence-corrected chi connectivity index (χ3v) is 10.8. The Morgan fingerprint density at radius 3 is 1.92 bits per heavy atom. The maximum absolute atomic E-state index is 13.9. The van der Waals surface area contributed by atoms with Gasteiger partial charge in [-0.15, -0.1) is 0 Å². The van der Waals surface area contributed by atoms with E-state index in [4.69, 9.17) is 19.4 Å². The largest absolute Gasteiger partial charge is 0.416 e. The van der Waals surface area contributed by atoms with Crippen LogP contribution in [0.2, 0.25) is 18.1 Å².